The van der Waals surface area contributed by atoms with Crippen LogP contribution in [-0.2, 0) is 11.3 Å². The van der Waals surface area contributed by atoms with Crippen molar-refractivity contribution in [2.45, 2.75) is 26.6 Å². The molecule has 0 saturated carbocycles. The van der Waals surface area contributed by atoms with E-state index in [0.29, 0.717) is 18.1 Å². The lowest BCUT2D eigenvalue weighted by atomic mass is 10.1. The van der Waals surface area contributed by atoms with E-state index in [1.54, 1.807) is 12.1 Å². The number of hydrogen-bond acceptors (Lipinski definition) is 3. The minimum absolute atomic E-state index is 0.0491. The van der Waals surface area contributed by atoms with Crippen LogP contribution in [0.15, 0.2) is 54.6 Å². The minimum Gasteiger partial charge on any atom is -0.469 e. The molecule has 1 heterocycles. The number of nitrogens with zero attached hydrogens (tertiary/aromatic N) is 2. The van der Waals surface area contributed by atoms with Crippen molar-refractivity contribution in [2.24, 2.45) is 5.92 Å². The van der Waals surface area contributed by atoms with Gasteiger partial charge in [-0.1, -0.05) is 55.8 Å². The van der Waals surface area contributed by atoms with E-state index >= 15 is 0 Å². The molecule has 1 saturated heterocycles. The Morgan fingerprint density at radius 1 is 1.12 bits per heavy atom. The topological polar surface area (TPSA) is 32.8 Å². The standard InChI is InChI=1S/C21H25ClN2O2/c1-16(2)21(25)24-13-12-23(14-17-6-4-3-5-7-17)15-20(24)26-19-10-8-18(22)9-11-19/h3-11,16,20H,12-15H2,1-2H3. The lowest BCUT2D eigenvalue weighted by molar-refractivity contribution is -0.148. The molecule has 0 N–H and O–H groups in total. The number of carbonyl (C=O) groups is 1. The van der Waals surface area contributed by atoms with E-state index in [1.165, 1.54) is 5.56 Å². The van der Waals surface area contributed by atoms with Crippen LogP contribution in [0.5, 0.6) is 5.75 Å². The van der Waals surface area contributed by atoms with Crippen molar-refractivity contribution < 1.29 is 9.53 Å². The van der Waals surface area contributed by atoms with Gasteiger partial charge in [-0.05, 0) is 29.8 Å². The van der Waals surface area contributed by atoms with E-state index in [1.807, 2.05) is 36.9 Å². The van der Waals surface area contributed by atoms with Gasteiger partial charge in [-0.15, -0.1) is 0 Å². The first-order valence-electron chi connectivity index (χ1n) is 9.02. The van der Waals surface area contributed by atoms with E-state index < -0.39 is 0 Å². The summed E-state index contributed by atoms with van der Waals surface area (Å²) in [7, 11) is 0. The molecule has 1 amide bonds. The van der Waals surface area contributed by atoms with Gasteiger partial charge in [-0.3, -0.25) is 9.69 Å². The van der Waals surface area contributed by atoms with E-state index in [0.717, 1.165) is 18.8 Å². The Labute approximate surface area is 160 Å². The van der Waals surface area contributed by atoms with Gasteiger partial charge in [0.25, 0.3) is 0 Å². The number of ether oxygens (including phenoxy) is 1. The summed E-state index contributed by atoms with van der Waals surface area (Å²) in [6.07, 6.45) is -0.302. The molecule has 26 heavy (non-hydrogen) atoms. The van der Waals surface area contributed by atoms with Crippen molar-refractivity contribution in [3.05, 3.63) is 65.2 Å². The zero-order valence-electron chi connectivity index (χ0n) is 15.3. The summed E-state index contributed by atoms with van der Waals surface area (Å²) in [5.41, 5.74) is 1.27. The largest absolute Gasteiger partial charge is 0.469 e. The molecule has 0 bridgehead atoms. The Balaban J connectivity index is 1.73. The van der Waals surface area contributed by atoms with Gasteiger partial charge in [-0.2, -0.15) is 0 Å². The fourth-order valence-electron chi connectivity index (χ4n) is 3.14. The normalized spacial score (nSPS) is 18.2. The zero-order valence-corrected chi connectivity index (χ0v) is 16.0. The molecular weight excluding hydrogens is 348 g/mol. The lowest BCUT2D eigenvalue weighted by Crippen LogP contribution is -2.58. The SMILES string of the molecule is CC(C)C(=O)N1CCN(Cc2ccccc2)CC1Oc1ccc(Cl)cc1. The number of benzene rings is 2. The van der Waals surface area contributed by atoms with Crippen LogP contribution in [0.4, 0.5) is 0 Å². The van der Waals surface area contributed by atoms with Gasteiger partial charge in [0.2, 0.25) is 5.91 Å². The molecule has 0 aliphatic carbocycles. The first-order chi connectivity index (χ1) is 12.5. The van der Waals surface area contributed by atoms with E-state index in [9.17, 15) is 4.79 Å². The fourth-order valence-corrected chi connectivity index (χ4v) is 3.27. The van der Waals surface area contributed by atoms with Crippen LogP contribution in [0.25, 0.3) is 0 Å². The van der Waals surface area contributed by atoms with Crippen LogP contribution < -0.4 is 4.74 Å². The van der Waals surface area contributed by atoms with Crippen LogP contribution in [0.1, 0.15) is 19.4 Å². The molecule has 3 rings (SSSR count). The second-order valence-corrected chi connectivity index (χ2v) is 7.37. The maximum absolute atomic E-state index is 12.6. The van der Waals surface area contributed by atoms with Crippen molar-refractivity contribution in [1.82, 2.24) is 9.80 Å². The molecule has 1 aliphatic heterocycles. The molecule has 0 radical (unpaired) electrons. The highest BCUT2D eigenvalue weighted by atomic mass is 35.5. The van der Waals surface area contributed by atoms with E-state index in [-0.39, 0.29) is 18.1 Å². The highest BCUT2D eigenvalue weighted by molar-refractivity contribution is 6.30. The molecular formula is C21H25ClN2O2. The molecule has 2 aromatic rings. The van der Waals surface area contributed by atoms with Crippen LogP contribution in [-0.4, -0.2) is 41.6 Å². The quantitative estimate of drug-likeness (QED) is 0.793. The summed E-state index contributed by atoms with van der Waals surface area (Å²) in [4.78, 5) is 16.8. The molecule has 0 aromatic heterocycles. The van der Waals surface area contributed by atoms with E-state index in [2.05, 4.69) is 29.2 Å². The minimum atomic E-state index is -0.302. The Hall–Kier alpha value is -2.04. The molecule has 4 nitrogen and oxygen atoms in total. The Kier molecular flexibility index (Phi) is 6.17. The predicted molar refractivity (Wildman–Crippen MR) is 104 cm³/mol. The summed E-state index contributed by atoms with van der Waals surface area (Å²) < 4.78 is 6.17. The first-order valence-corrected chi connectivity index (χ1v) is 9.39. The number of carbonyl (C=O) groups excluding carboxylic acids is 1. The Morgan fingerprint density at radius 3 is 2.46 bits per heavy atom. The second-order valence-electron chi connectivity index (χ2n) is 6.93. The molecule has 1 aliphatic rings. The predicted octanol–water partition coefficient (Wildman–Crippen LogP) is 4.05. The zero-order chi connectivity index (χ0) is 18.5. The average Bonchev–Trinajstić information content (AvgIpc) is 2.64. The second kappa shape index (κ2) is 8.56. The van der Waals surface area contributed by atoms with E-state index in [4.69, 9.17) is 16.3 Å². The Morgan fingerprint density at radius 2 is 1.81 bits per heavy atom. The smallest absolute Gasteiger partial charge is 0.228 e. The monoisotopic (exact) mass is 372 g/mol. The first kappa shape index (κ1) is 18.7. The van der Waals surface area contributed by atoms with Gasteiger partial charge in [0, 0.05) is 30.6 Å². The molecule has 1 unspecified atom stereocenters. The third-order valence-corrected chi connectivity index (χ3v) is 4.78. The molecule has 5 heteroatoms. The third kappa shape index (κ3) is 4.77. The molecule has 2 aromatic carbocycles. The van der Waals surface area contributed by atoms with Crippen LogP contribution in [0.2, 0.25) is 5.02 Å². The van der Waals surface area contributed by atoms with Crippen LogP contribution in [0, 0.1) is 5.92 Å². The summed E-state index contributed by atoms with van der Waals surface area (Å²) in [5.74, 6) is 0.804. The van der Waals surface area contributed by atoms with Crippen molar-refractivity contribution >= 4 is 17.5 Å². The van der Waals surface area contributed by atoms with Crippen molar-refractivity contribution in [3.8, 4) is 5.75 Å². The lowest BCUT2D eigenvalue weighted by Gasteiger charge is -2.41. The van der Waals surface area contributed by atoms with Crippen molar-refractivity contribution in [1.29, 1.82) is 0 Å². The maximum Gasteiger partial charge on any atom is 0.228 e. The number of halogens is 1. The number of rotatable bonds is 5. The van der Waals surface area contributed by atoms with Crippen LogP contribution >= 0.6 is 11.6 Å². The molecule has 138 valence electrons. The summed E-state index contributed by atoms with van der Waals surface area (Å²) in [5, 5.41) is 0.668. The Bertz CT molecular complexity index is 719. The molecule has 1 atom stereocenters. The van der Waals surface area contributed by atoms with Gasteiger partial charge in [-0.25, -0.2) is 0 Å². The van der Waals surface area contributed by atoms with Crippen molar-refractivity contribution in [2.75, 3.05) is 19.6 Å². The maximum atomic E-state index is 12.6. The molecule has 1 fully saturated rings. The summed E-state index contributed by atoms with van der Waals surface area (Å²) in [6.45, 7) is 6.90. The van der Waals surface area contributed by atoms with Gasteiger partial charge in [0.15, 0.2) is 6.23 Å². The molecule has 0 spiro atoms. The van der Waals surface area contributed by atoms with Crippen molar-refractivity contribution in [3.63, 3.8) is 0 Å². The summed E-state index contributed by atoms with van der Waals surface area (Å²) in [6, 6.07) is 17.7. The third-order valence-electron chi connectivity index (χ3n) is 4.53. The highest BCUT2D eigenvalue weighted by Gasteiger charge is 2.33. The number of amides is 1. The van der Waals surface area contributed by atoms with Crippen LogP contribution in [0.3, 0.4) is 0 Å². The highest BCUT2D eigenvalue weighted by Crippen LogP contribution is 2.22. The number of hydrogen-bond donors (Lipinski definition) is 0. The van der Waals surface area contributed by atoms with Gasteiger partial charge >= 0.3 is 0 Å². The average molecular weight is 373 g/mol. The van der Waals surface area contributed by atoms with Gasteiger partial charge in [0.1, 0.15) is 5.75 Å². The number of piperazine rings is 1. The fraction of sp³-hybridized carbons (Fsp3) is 0.381. The van der Waals surface area contributed by atoms with Gasteiger partial charge in [0.05, 0.1) is 6.54 Å². The summed E-state index contributed by atoms with van der Waals surface area (Å²) >= 11 is 5.96. The van der Waals surface area contributed by atoms with Gasteiger partial charge < -0.3 is 9.64 Å².